The molecule has 0 aliphatic carbocycles. The normalized spacial score (nSPS) is 15.5. The van der Waals surface area contributed by atoms with Gasteiger partial charge in [-0.05, 0) is 30.3 Å². The van der Waals surface area contributed by atoms with Crippen LogP contribution in [-0.2, 0) is 11.0 Å². The van der Waals surface area contributed by atoms with Crippen LogP contribution in [0.3, 0.4) is 0 Å². The summed E-state index contributed by atoms with van der Waals surface area (Å²) in [6, 6.07) is 9.90. The molecule has 28 heavy (non-hydrogen) atoms. The number of phenolic OH excluding ortho intramolecular Hbond substituents is 1. The Morgan fingerprint density at radius 1 is 1.18 bits per heavy atom. The third kappa shape index (κ3) is 4.88. The van der Waals surface area contributed by atoms with Crippen LogP contribution in [-0.4, -0.2) is 43.7 Å². The maximum Gasteiger partial charge on any atom is 0.416 e. The fourth-order valence-electron chi connectivity index (χ4n) is 3.19. The summed E-state index contributed by atoms with van der Waals surface area (Å²) >= 11 is 5.92. The van der Waals surface area contributed by atoms with Crippen LogP contribution in [0, 0.1) is 0 Å². The van der Waals surface area contributed by atoms with Crippen molar-refractivity contribution < 1.29 is 28.0 Å². The molecule has 2 aromatic rings. The van der Waals surface area contributed by atoms with Crippen molar-refractivity contribution in [2.24, 2.45) is 0 Å². The molecule has 9 heteroatoms. The Kier molecular flexibility index (Phi) is 6.00. The summed E-state index contributed by atoms with van der Waals surface area (Å²) in [7, 11) is 0. The number of piperazine rings is 1. The van der Waals surface area contributed by atoms with E-state index >= 15 is 0 Å². The van der Waals surface area contributed by atoms with Crippen molar-refractivity contribution in [2.75, 3.05) is 42.9 Å². The van der Waals surface area contributed by atoms with E-state index in [0.717, 1.165) is 28.8 Å². The van der Waals surface area contributed by atoms with E-state index in [2.05, 4.69) is 5.32 Å². The SMILES string of the molecule is O=C(C[NH+]1CCN(c2ccccc2O)CC1)Nc1cc(C(F)(F)F)ccc1Cl. The van der Waals surface area contributed by atoms with Gasteiger partial charge in [0.25, 0.3) is 5.91 Å². The molecule has 0 saturated carbocycles. The van der Waals surface area contributed by atoms with E-state index in [0.29, 0.717) is 26.2 Å². The molecule has 0 radical (unpaired) electrons. The molecule has 150 valence electrons. The standard InChI is InChI=1S/C19H19ClF3N3O2/c20-14-6-5-13(19(21,22)23)11-15(14)24-18(28)12-25-7-9-26(10-8-25)16-3-1-2-4-17(16)27/h1-6,11,27H,7-10,12H2,(H,24,28)/p+1. The lowest BCUT2D eigenvalue weighted by Gasteiger charge is -2.33. The zero-order valence-electron chi connectivity index (χ0n) is 14.9. The van der Waals surface area contributed by atoms with Crippen LogP contribution in [0.2, 0.25) is 5.02 Å². The molecule has 3 rings (SSSR count). The summed E-state index contributed by atoms with van der Waals surface area (Å²) in [6.45, 7) is 2.77. The number of alkyl halides is 3. The van der Waals surface area contributed by atoms with Crippen LogP contribution in [0.5, 0.6) is 5.75 Å². The first-order valence-electron chi connectivity index (χ1n) is 8.77. The van der Waals surface area contributed by atoms with E-state index in [1.807, 2.05) is 17.0 Å². The number of quaternary nitrogens is 1. The van der Waals surface area contributed by atoms with Crippen LogP contribution in [0.25, 0.3) is 0 Å². The molecule has 1 heterocycles. The van der Waals surface area contributed by atoms with Gasteiger partial charge >= 0.3 is 6.18 Å². The highest BCUT2D eigenvalue weighted by Crippen LogP contribution is 2.33. The minimum absolute atomic E-state index is 0.0475. The van der Waals surface area contributed by atoms with E-state index in [1.54, 1.807) is 12.1 Å². The molecule has 0 unspecified atom stereocenters. The molecule has 0 spiro atoms. The van der Waals surface area contributed by atoms with Crippen molar-refractivity contribution in [3.63, 3.8) is 0 Å². The summed E-state index contributed by atoms with van der Waals surface area (Å²) in [6.07, 6.45) is -4.51. The summed E-state index contributed by atoms with van der Waals surface area (Å²) in [4.78, 5) is 15.3. The van der Waals surface area contributed by atoms with Gasteiger partial charge in [-0.1, -0.05) is 23.7 Å². The maximum atomic E-state index is 12.8. The van der Waals surface area contributed by atoms with Crippen LogP contribution in [0.15, 0.2) is 42.5 Å². The second-order valence-corrected chi connectivity index (χ2v) is 7.05. The lowest BCUT2D eigenvalue weighted by molar-refractivity contribution is -0.892. The zero-order chi connectivity index (χ0) is 20.3. The number of hydrogen-bond acceptors (Lipinski definition) is 3. The predicted molar refractivity (Wildman–Crippen MR) is 101 cm³/mol. The summed E-state index contributed by atoms with van der Waals surface area (Å²) in [5, 5.41) is 12.5. The number of halogens is 4. The van der Waals surface area contributed by atoms with E-state index in [-0.39, 0.29) is 23.0 Å². The first kappa shape index (κ1) is 20.3. The van der Waals surface area contributed by atoms with Gasteiger partial charge < -0.3 is 20.2 Å². The largest absolute Gasteiger partial charge is 0.506 e. The number of hydrogen-bond donors (Lipinski definition) is 3. The predicted octanol–water partition coefficient (Wildman–Crippen LogP) is 2.41. The molecule has 1 fully saturated rings. The number of amides is 1. The average Bonchev–Trinajstić information content (AvgIpc) is 2.64. The topological polar surface area (TPSA) is 57.0 Å². The first-order chi connectivity index (χ1) is 13.2. The second kappa shape index (κ2) is 8.28. The number of para-hydroxylation sites is 2. The molecule has 0 atom stereocenters. The van der Waals surface area contributed by atoms with Gasteiger partial charge in [0.15, 0.2) is 6.54 Å². The first-order valence-corrected chi connectivity index (χ1v) is 9.15. The molecule has 1 aliphatic rings. The molecular formula is C19H20ClF3N3O2+. The van der Waals surface area contributed by atoms with Gasteiger partial charge in [-0.15, -0.1) is 0 Å². The van der Waals surface area contributed by atoms with E-state index in [4.69, 9.17) is 11.6 Å². The molecule has 0 bridgehead atoms. The monoisotopic (exact) mass is 414 g/mol. The molecule has 1 amide bonds. The highest BCUT2D eigenvalue weighted by Gasteiger charge is 2.31. The molecule has 1 aliphatic heterocycles. The number of nitrogens with one attached hydrogen (secondary N) is 2. The smallest absolute Gasteiger partial charge is 0.416 e. The molecule has 5 nitrogen and oxygen atoms in total. The van der Waals surface area contributed by atoms with Gasteiger partial charge in [-0.25, -0.2) is 0 Å². The molecule has 0 aromatic heterocycles. The molecule has 3 N–H and O–H groups in total. The van der Waals surface area contributed by atoms with Gasteiger partial charge in [0.2, 0.25) is 0 Å². The van der Waals surface area contributed by atoms with Crippen LogP contribution in [0.1, 0.15) is 5.56 Å². The Labute approximate surface area is 165 Å². The van der Waals surface area contributed by atoms with Crippen LogP contribution < -0.4 is 15.1 Å². The Morgan fingerprint density at radius 3 is 2.50 bits per heavy atom. The molecule has 2 aromatic carbocycles. The van der Waals surface area contributed by atoms with Gasteiger partial charge in [0.1, 0.15) is 5.75 Å². The number of nitrogens with zero attached hydrogens (tertiary/aromatic N) is 1. The third-order valence-electron chi connectivity index (χ3n) is 4.67. The maximum absolute atomic E-state index is 12.8. The minimum Gasteiger partial charge on any atom is -0.506 e. The highest BCUT2D eigenvalue weighted by atomic mass is 35.5. The van der Waals surface area contributed by atoms with Crippen molar-refractivity contribution in [3.8, 4) is 5.75 Å². The van der Waals surface area contributed by atoms with Crippen molar-refractivity contribution in [1.82, 2.24) is 0 Å². The fraction of sp³-hybridized carbons (Fsp3) is 0.316. The quantitative estimate of drug-likeness (QED) is 0.720. The Balaban J connectivity index is 1.56. The molecular weight excluding hydrogens is 395 g/mol. The second-order valence-electron chi connectivity index (χ2n) is 6.64. The number of carbonyl (C=O) groups excluding carboxylic acids is 1. The van der Waals surface area contributed by atoms with E-state index < -0.39 is 17.6 Å². The van der Waals surface area contributed by atoms with E-state index in [9.17, 15) is 23.1 Å². The minimum atomic E-state index is -4.51. The summed E-state index contributed by atoms with van der Waals surface area (Å²) in [5.41, 5.74) is -0.161. The van der Waals surface area contributed by atoms with Crippen molar-refractivity contribution in [3.05, 3.63) is 53.1 Å². The van der Waals surface area contributed by atoms with Crippen molar-refractivity contribution >= 4 is 28.9 Å². The van der Waals surface area contributed by atoms with Gasteiger partial charge in [-0.2, -0.15) is 13.2 Å². The lowest BCUT2D eigenvalue weighted by Crippen LogP contribution is -3.15. The van der Waals surface area contributed by atoms with Crippen LogP contribution in [0.4, 0.5) is 24.5 Å². The highest BCUT2D eigenvalue weighted by molar-refractivity contribution is 6.33. The van der Waals surface area contributed by atoms with Crippen molar-refractivity contribution in [1.29, 1.82) is 0 Å². The molecule has 1 saturated heterocycles. The number of aromatic hydroxyl groups is 1. The van der Waals surface area contributed by atoms with E-state index in [1.165, 1.54) is 0 Å². The van der Waals surface area contributed by atoms with Gasteiger partial charge in [-0.3, -0.25) is 4.79 Å². The number of anilines is 2. The van der Waals surface area contributed by atoms with Crippen molar-refractivity contribution in [2.45, 2.75) is 6.18 Å². The van der Waals surface area contributed by atoms with Crippen LogP contribution >= 0.6 is 11.6 Å². The number of benzene rings is 2. The summed E-state index contributed by atoms with van der Waals surface area (Å²) in [5.74, 6) is -0.185. The summed E-state index contributed by atoms with van der Waals surface area (Å²) < 4.78 is 38.5. The number of rotatable bonds is 4. The lowest BCUT2D eigenvalue weighted by atomic mass is 10.2. The Bertz CT molecular complexity index is 853. The fourth-order valence-corrected chi connectivity index (χ4v) is 3.36. The van der Waals surface area contributed by atoms with Gasteiger partial charge in [0.05, 0.1) is 48.1 Å². The number of carbonyl (C=O) groups is 1. The Morgan fingerprint density at radius 2 is 1.86 bits per heavy atom. The Hall–Kier alpha value is -2.45. The number of phenols is 1. The third-order valence-corrected chi connectivity index (χ3v) is 5.00. The average molecular weight is 415 g/mol. The zero-order valence-corrected chi connectivity index (χ0v) is 15.6. The van der Waals surface area contributed by atoms with Gasteiger partial charge in [0, 0.05) is 0 Å².